The molecule has 26 heavy (non-hydrogen) atoms. The average molecular weight is 404 g/mol. The van der Waals surface area contributed by atoms with Crippen molar-refractivity contribution in [2.24, 2.45) is 11.5 Å². The summed E-state index contributed by atoms with van der Waals surface area (Å²) in [4.78, 5) is 26.0. The van der Waals surface area contributed by atoms with Crippen molar-refractivity contribution in [3.8, 4) is 5.75 Å². The Morgan fingerprint density at radius 2 is 1.92 bits per heavy atom. The number of ether oxygens (including phenoxy) is 1. The van der Waals surface area contributed by atoms with Crippen LogP contribution < -0.4 is 16.2 Å². The SMILES string of the molecule is COc1ccc(Cl)cc1C(=O)CCCCN1CCC(N)(C(N)=O)CC1.Cl. The molecule has 2 rings (SSSR count). The first-order valence-electron chi connectivity index (χ1n) is 8.53. The van der Waals surface area contributed by atoms with Gasteiger partial charge in [0.1, 0.15) is 5.75 Å². The molecule has 0 spiro atoms. The molecule has 1 aliphatic heterocycles. The fourth-order valence-electron chi connectivity index (χ4n) is 3.08. The molecule has 0 aromatic heterocycles. The molecule has 1 heterocycles. The Labute approximate surface area is 165 Å². The van der Waals surface area contributed by atoms with E-state index in [1.165, 1.54) is 0 Å². The summed E-state index contributed by atoms with van der Waals surface area (Å²) in [5, 5.41) is 0.525. The Balaban J connectivity index is 0.00000338. The molecular formula is C18H27Cl2N3O3. The number of carbonyl (C=O) groups excluding carboxylic acids is 2. The topological polar surface area (TPSA) is 98.7 Å². The number of amides is 1. The zero-order valence-corrected chi connectivity index (χ0v) is 16.6. The number of benzene rings is 1. The van der Waals surface area contributed by atoms with Crippen LogP contribution in [0.4, 0.5) is 0 Å². The van der Waals surface area contributed by atoms with Crippen molar-refractivity contribution in [1.29, 1.82) is 0 Å². The maximum atomic E-state index is 12.4. The van der Waals surface area contributed by atoms with Crippen molar-refractivity contribution in [2.45, 2.75) is 37.6 Å². The Kier molecular flexibility index (Phi) is 8.83. The quantitative estimate of drug-likeness (QED) is 0.512. The van der Waals surface area contributed by atoms with Gasteiger partial charge in [-0.3, -0.25) is 9.59 Å². The van der Waals surface area contributed by atoms with Crippen LogP contribution in [0, 0.1) is 0 Å². The summed E-state index contributed by atoms with van der Waals surface area (Å²) in [6, 6.07) is 5.07. The third-order valence-electron chi connectivity index (χ3n) is 4.83. The van der Waals surface area contributed by atoms with E-state index in [0.717, 1.165) is 32.5 Å². The number of hydrogen-bond donors (Lipinski definition) is 2. The number of unbranched alkanes of at least 4 members (excludes halogenated alkanes) is 1. The van der Waals surface area contributed by atoms with Crippen molar-refractivity contribution in [1.82, 2.24) is 4.90 Å². The van der Waals surface area contributed by atoms with Gasteiger partial charge in [0.15, 0.2) is 5.78 Å². The highest BCUT2D eigenvalue weighted by molar-refractivity contribution is 6.31. The lowest BCUT2D eigenvalue weighted by atomic mass is 9.88. The molecule has 1 amide bonds. The van der Waals surface area contributed by atoms with E-state index < -0.39 is 11.4 Å². The second-order valence-corrected chi connectivity index (χ2v) is 7.02. The highest BCUT2D eigenvalue weighted by Crippen LogP contribution is 2.25. The van der Waals surface area contributed by atoms with E-state index in [2.05, 4.69) is 4.90 Å². The molecule has 0 unspecified atom stereocenters. The summed E-state index contributed by atoms with van der Waals surface area (Å²) in [7, 11) is 1.54. The molecule has 0 aliphatic carbocycles. The zero-order chi connectivity index (χ0) is 18.4. The lowest BCUT2D eigenvalue weighted by Gasteiger charge is -2.36. The number of likely N-dealkylation sites (tertiary alicyclic amines) is 1. The van der Waals surface area contributed by atoms with Gasteiger partial charge in [-0.25, -0.2) is 0 Å². The van der Waals surface area contributed by atoms with E-state index in [1.54, 1.807) is 25.3 Å². The van der Waals surface area contributed by atoms with Gasteiger partial charge >= 0.3 is 0 Å². The van der Waals surface area contributed by atoms with Crippen LogP contribution in [0.1, 0.15) is 42.5 Å². The Bertz CT molecular complexity index is 632. The number of hydrogen-bond acceptors (Lipinski definition) is 5. The van der Waals surface area contributed by atoms with Crippen molar-refractivity contribution in [3.05, 3.63) is 28.8 Å². The van der Waals surface area contributed by atoms with Gasteiger partial charge in [0.2, 0.25) is 5.91 Å². The first kappa shape index (κ1) is 22.7. The maximum absolute atomic E-state index is 12.4. The maximum Gasteiger partial charge on any atom is 0.237 e. The van der Waals surface area contributed by atoms with Gasteiger partial charge in [-0.2, -0.15) is 0 Å². The lowest BCUT2D eigenvalue weighted by molar-refractivity contribution is -0.124. The average Bonchev–Trinajstić information content (AvgIpc) is 2.60. The van der Waals surface area contributed by atoms with Gasteiger partial charge in [0.05, 0.1) is 18.2 Å². The fourth-order valence-corrected chi connectivity index (χ4v) is 3.25. The number of primary amides is 1. The number of nitrogens with two attached hydrogens (primary N) is 2. The van der Waals surface area contributed by atoms with Crippen LogP contribution >= 0.6 is 24.0 Å². The summed E-state index contributed by atoms with van der Waals surface area (Å²) in [5.41, 5.74) is 11.0. The molecule has 146 valence electrons. The van der Waals surface area contributed by atoms with Crippen molar-refractivity contribution >= 4 is 35.7 Å². The molecule has 0 radical (unpaired) electrons. The van der Waals surface area contributed by atoms with Gasteiger partial charge in [0.25, 0.3) is 0 Å². The van der Waals surface area contributed by atoms with Gasteiger partial charge in [-0.1, -0.05) is 11.6 Å². The fraction of sp³-hybridized carbons (Fsp3) is 0.556. The number of methoxy groups -OCH3 is 1. The number of halogens is 2. The first-order chi connectivity index (χ1) is 11.9. The molecule has 1 fully saturated rings. The molecule has 8 heteroatoms. The van der Waals surface area contributed by atoms with E-state index in [0.29, 0.717) is 35.6 Å². The second kappa shape index (κ2) is 10.1. The largest absolute Gasteiger partial charge is 0.496 e. The van der Waals surface area contributed by atoms with E-state index in [9.17, 15) is 9.59 Å². The lowest BCUT2D eigenvalue weighted by Crippen LogP contribution is -2.58. The molecule has 0 atom stereocenters. The highest BCUT2D eigenvalue weighted by Gasteiger charge is 2.35. The molecule has 6 nitrogen and oxygen atoms in total. The minimum atomic E-state index is -0.865. The number of Topliss-reactive ketones (excluding diaryl/α,β-unsaturated/α-hetero) is 1. The van der Waals surface area contributed by atoms with Crippen molar-refractivity contribution in [3.63, 3.8) is 0 Å². The van der Waals surface area contributed by atoms with E-state index in [4.69, 9.17) is 27.8 Å². The molecular weight excluding hydrogens is 377 g/mol. The minimum Gasteiger partial charge on any atom is -0.496 e. The van der Waals surface area contributed by atoms with E-state index >= 15 is 0 Å². The summed E-state index contributed by atoms with van der Waals surface area (Å²) >= 11 is 5.97. The van der Waals surface area contributed by atoms with Crippen LogP contribution in [0.5, 0.6) is 5.75 Å². The highest BCUT2D eigenvalue weighted by atomic mass is 35.5. The molecule has 1 saturated heterocycles. The van der Waals surface area contributed by atoms with Crippen LogP contribution in [0.25, 0.3) is 0 Å². The third-order valence-corrected chi connectivity index (χ3v) is 5.06. The smallest absolute Gasteiger partial charge is 0.237 e. The summed E-state index contributed by atoms with van der Waals surface area (Å²) in [6.45, 7) is 2.40. The van der Waals surface area contributed by atoms with Crippen molar-refractivity contribution < 1.29 is 14.3 Å². The van der Waals surface area contributed by atoms with E-state index in [-0.39, 0.29) is 18.2 Å². The van der Waals surface area contributed by atoms with Crippen LogP contribution in [0.3, 0.4) is 0 Å². The Morgan fingerprint density at radius 1 is 1.27 bits per heavy atom. The summed E-state index contributed by atoms with van der Waals surface area (Å²) in [6.07, 6.45) is 3.31. The molecule has 0 saturated carbocycles. The zero-order valence-electron chi connectivity index (χ0n) is 15.0. The second-order valence-electron chi connectivity index (χ2n) is 6.59. The Morgan fingerprint density at radius 3 is 2.50 bits per heavy atom. The normalized spacial score (nSPS) is 16.6. The van der Waals surface area contributed by atoms with Gasteiger partial charge in [0, 0.05) is 24.5 Å². The van der Waals surface area contributed by atoms with Crippen LogP contribution in [0.2, 0.25) is 5.02 Å². The van der Waals surface area contributed by atoms with Gasteiger partial charge in [-0.15, -0.1) is 12.4 Å². The van der Waals surface area contributed by atoms with Crippen molar-refractivity contribution in [2.75, 3.05) is 26.7 Å². The number of carbonyl (C=O) groups is 2. The number of ketones is 1. The number of nitrogens with zero attached hydrogens (tertiary/aromatic N) is 1. The predicted molar refractivity (Wildman–Crippen MR) is 105 cm³/mol. The van der Waals surface area contributed by atoms with E-state index in [1.807, 2.05) is 0 Å². The molecule has 1 aromatic carbocycles. The first-order valence-corrected chi connectivity index (χ1v) is 8.91. The standard InChI is InChI=1S/C18H26ClN3O3.ClH/c1-25-16-6-5-13(19)12-14(16)15(23)4-2-3-9-22-10-7-18(21,8-11-22)17(20)24;/h5-6,12H,2-4,7-11,21H2,1H3,(H2,20,24);1H. The summed E-state index contributed by atoms with van der Waals surface area (Å²) < 4.78 is 5.22. The molecule has 0 bridgehead atoms. The monoisotopic (exact) mass is 403 g/mol. The molecule has 1 aliphatic rings. The van der Waals surface area contributed by atoms with Crippen LogP contribution in [0.15, 0.2) is 18.2 Å². The van der Waals surface area contributed by atoms with Gasteiger partial charge in [-0.05, 0) is 50.4 Å². The Hall–Kier alpha value is -1.34. The minimum absolute atomic E-state index is 0. The molecule has 1 aromatic rings. The number of piperidine rings is 1. The third kappa shape index (κ3) is 5.84. The predicted octanol–water partition coefficient (Wildman–Crippen LogP) is 2.40. The summed E-state index contributed by atoms with van der Waals surface area (Å²) in [5.74, 6) is 0.164. The van der Waals surface area contributed by atoms with Crippen LogP contribution in [-0.4, -0.2) is 48.9 Å². The number of rotatable bonds is 8. The van der Waals surface area contributed by atoms with Gasteiger partial charge < -0.3 is 21.1 Å². The molecule has 4 N–H and O–H groups in total. The van der Waals surface area contributed by atoms with Crippen LogP contribution in [-0.2, 0) is 4.79 Å².